The minimum absolute atomic E-state index is 0.00709. The SMILES string of the molecule is Cc1cn(C2CC(N=[N+]=[N-])C(COC(=O)OCCCCO)O2)c(=O)[nH]c1=O. The number of carbonyl (C=O) groups excluding carboxylic acids is 1. The van der Waals surface area contributed by atoms with E-state index in [0.717, 1.165) is 0 Å². The molecule has 1 saturated heterocycles. The number of nitrogens with zero attached hydrogens (tertiary/aromatic N) is 4. The van der Waals surface area contributed by atoms with Crippen LogP contribution in [-0.4, -0.2) is 52.8 Å². The first kappa shape index (κ1) is 20.5. The van der Waals surface area contributed by atoms with Crippen LogP contribution in [0.2, 0.25) is 0 Å². The molecule has 3 atom stereocenters. The summed E-state index contributed by atoms with van der Waals surface area (Å²) in [5.74, 6) is 0. The number of rotatable bonds is 8. The molecule has 1 aliphatic rings. The number of aliphatic hydroxyl groups is 1. The number of azide groups is 1. The van der Waals surface area contributed by atoms with Crippen molar-refractivity contribution >= 4 is 6.16 Å². The van der Waals surface area contributed by atoms with Crippen LogP contribution in [0.1, 0.15) is 31.1 Å². The Bertz CT molecular complexity index is 814. The van der Waals surface area contributed by atoms with Gasteiger partial charge in [0.05, 0.1) is 12.6 Å². The summed E-state index contributed by atoms with van der Waals surface area (Å²) in [6, 6.07) is -0.665. The molecule has 0 radical (unpaired) electrons. The monoisotopic (exact) mass is 383 g/mol. The number of H-pyrrole nitrogens is 1. The van der Waals surface area contributed by atoms with E-state index in [4.69, 9.17) is 24.8 Å². The Kier molecular flexibility index (Phi) is 7.41. The molecule has 2 N–H and O–H groups in total. The molecule has 12 heteroatoms. The third kappa shape index (κ3) is 5.58. The van der Waals surface area contributed by atoms with E-state index < -0.39 is 35.8 Å². The van der Waals surface area contributed by atoms with E-state index in [-0.39, 0.29) is 26.2 Å². The van der Waals surface area contributed by atoms with Gasteiger partial charge in [-0.05, 0) is 25.3 Å². The zero-order valence-corrected chi connectivity index (χ0v) is 14.7. The summed E-state index contributed by atoms with van der Waals surface area (Å²) in [5, 5.41) is 12.3. The van der Waals surface area contributed by atoms with E-state index in [1.807, 2.05) is 0 Å². The second kappa shape index (κ2) is 9.76. The Hall–Kier alpha value is -2.82. The predicted octanol–water partition coefficient (Wildman–Crippen LogP) is 0.737. The molecule has 0 saturated carbocycles. The molecule has 0 aliphatic carbocycles. The fraction of sp³-hybridized carbons (Fsp3) is 0.667. The van der Waals surface area contributed by atoms with Crippen molar-refractivity contribution in [2.75, 3.05) is 19.8 Å². The normalized spacial score (nSPS) is 21.5. The van der Waals surface area contributed by atoms with Crippen LogP contribution in [0.25, 0.3) is 10.4 Å². The van der Waals surface area contributed by atoms with Gasteiger partial charge in [0.15, 0.2) is 0 Å². The maximum atomic E-state index is 12.0. The Morgan fingerprint density at radius 2 is 2.26 bits per heavy atom. The molecule has 2 rings (SSSR count). The molecule has 0 amide bonds. The molecule has 1 aromatic heterocycles. The summed E-state index contributed by atoms with van der Waals surface area (Å²) in [7, 11) is 0. The second-order valence-electron chi connectivity index (χ2n) is 5.96. The first-order chi connectivity index (χ1) is 13.0. The van der Waals surface area contributed by atoms with Crippen LogP contribution in [-0.2, 0) is 14.2 Å². The number of aromatic amines is 1. The van der Waals surface area contributed by atoms with Crippen LogP contribution in [0.5, 0.6) is 0 Å². The number of hydrogen-bond donors (Lipinski definition) is 2. The van der Waals surface area contributed by atoms with E-state index in [1.54, 1.807) is 6.92 Å². The van der Waals surface area contributed by atoms with Gasteiger partial charge < -0.3 is 19.3 Å². The van der Waals surface area contributed by atoms with Crippen LogP contribution in [0, 0.1) is 6.92 Å². The molecular formula is C15H21N5O7. The van der Waals surface area contributed by atoms with Gasteiger partial charge in [-0.15, -0.1) is 0 Å². The van der Waals surface area contributed by atoms with Gasteiger partial charge in [0, 0.05) is 29.7 Å². The number of aliphatic hydroxyl groups excluding tert-OH is 1. The van der Waals surface area contributed by atoms with Crippen LogP contribution in [0.4, 0.5) is 4.79 Å². The number of aryl methyl sites for hydroxylation is 1. The lowest BCUT2D eigenvalue weighted by Crippen LogP contribution is -2.33. The van der Waals surface area contributed by atoms with E-state index in [9.17, 15) is 14.4 Å². The fourth-order valence-electron chi connectivity index (χ4n) is 2.58. The molecule has 1 fully saturated rings. The van der Waals surface area contributed by atoms with Crippen molar-refractivity contribution in [2.24, 2.45) is 5.11 Å². The van der Waals surface area contributed by atoms with Crippen molar-refractivity contribution in [2.45, 2.75) is 44.6 Å². The van der Waals surface area contributed by atoms with Crippen LogP contribution in [0.3, 0.4) is 0 Å². The van der Waals surface area contributed by atoms with Gasteiger partial charge in [-0.2, -0.15) is 0 Å². The van der Waals surface area contributed by atoms with Crippen molar-refractivity contribution < 1.29 is 24.1 Å². The van der Waals surface area contributed by atoms with E-state index in [1.165, 1.54) is 10.8 Å². The molecule has 148 valence electrons. The average Bonchev–Trinajstić information content (AvgIpc) is 3.03. The summed E-state index contributed by atoms with van der Waals surface area (Å²) in [6.45, 7) is 1.44. The first-order valence-corrected chi connectivity index (χ1v) is 8.38. The van der Waals surface area contributed by atoms with Gasteiger partial charge in [-0.1, -0.05) is 5.11 Å². The molecule has 0 aromatic carbocycles. The number of ether oxygens (including phenoxy) is 3. The maximum absolute atomic E-state index is 12.0. The van der Waals surface area contributed by atoms with Crippen LogP contribution in [0.15, 0.2) is 20.9 Å². The van der Waals surface area contributed by atoms with Crippen molar-refractivity contribution in [3.05, 3.63) is 43.0 Å². The summed E-state index contributed by atoms with van der Waals surface area (Å²) in [4.78, 5) is 40.0. The highest BCUT2D eigenvalue weighted by atomic mass is 16.7. The Balaban J connectivity index is 1.99. The standard InChI is InChI=1S/C15H21N5O7/c1-9-7-20(14(23)17-13(9)22)12-6-10(18-19-16)11(27-12)8-26-15(24)25-5-3-2-4-21/h7,10-12,21H,2-6,8H2,1H3,(H,17,22,23). The minimum atomic E-state index is -0.906. The second-order valence-corrected chi connectivity index (χ2v) is 5.96. The Morgan fingerprint density at radius 3 is 2.96 bits per heavy atom. The number of unbranched alkanes of at least 4 members (excludes halogenated alkanes) is 1. The van der Waals surface area contributed by atoms with Crippen molar-refractivity contribution in [1.29, 1.82) is 0 Å². The largest absolute Gasteiger partial charge is 0.508 e. The summed E-state index contributed by atoms with van der Waals surface area (Å²) in [5.41, 5.74) is 7.89. The van der Waals surface area contributed by atoms with Crippen molar-refractivity contribution in [3.8, 4) is 0 Å². The Labute approximate surface area is 153 Å². The summed E-state index contributed by atoms with van der Waals surface area (Å²) >= 11 is 0. The van der Waals surface area contributed by atoms with Gasteiger partial charge in [-0.3, -0.25) is 14.3 Å². The molecule has 2 heterocycles. The lowest BCUT2D eigenvalue weighted by atomic mass is 10.1. The molecule has 1 aromatic rings. The fourth-order valence-corrected chi connectivity index (χ4v) is 2.58. The molecule has 12 nitrogen and oxygen atoms in total. The topological polar surface area (TPSA) is 169 Å². The van der Waals surface area contributed by atoms with Crippen LogP contribution < -0.4 is 11.2 Å². The highest BCUT2D eigenvalue weighted by molar-refractivity contribution is 5.59. The average molecular weight is 383 g/mol. The highest BCUT2D eigenvalue weighted by Crippen LogP contribution is 2.30. The summed E-state index contributed by atoms with van der Waals surface area (Å²) < 4.78 is 16.7. The predicted molar refractivity (Wildman–Crippen MR) is 91.1 cm³/mol. The molecule has 1 aliphatic heterocycles. The molecular weight excluding hydrogens is 362 g/mol. The molecule has 0 bridgehead atoms. The summed E-state index contributed by atoms with van der Waals surface area (Å²) in [6.07, 6.45) is 0.0905. The smallest absolute Gasteiger partial charge is 0.434 e. The van der Waals surface area contributed by atoms with E-state index >= 15 is 0 Å². The molecule has 3 unspecified atom stereocenters. The molecule has 27 heavy (non-hydrogen) atoms. The third-order valence-electron chi connectivity index (χ3n) is 4.00. The van der Waals surface area contributed by atoms with E-state index in [2.05, 4.69) is 15.0 Å². The zero-order valence-electron chi connectivity index (χ0n) is 14.7. The molecule has 0 spiro atoms. The number of hydrogen-bond acceptors (Lipinski definition) is 8. The van der Waals surface area contributed by atoms with Crippen LogP contribution >= 0.6 is 0 Å². The van der Waals surface area contributed by atoms with Gasteiger partial charge in [0.25, 0.3) is 5.56 Å². The highest BCUT2D eigenvalue weighted by Gasteiger charge is 2.37. The Morgan fingerprint density at radius 1 is 1.48 bits per heavy atom. The van der Waals surface area contributed by atoms with Gasteiger partial charge in [0.2, 0.25) is 0 Å². The lowest BCUT2D eigenvalue weighted by Gasteiger charge is -2.16. The quantitative estimate of drug-likeness (QED) is 0.219. The third-order valence-corrected chi connectivity index (χ3v) is 4.00. The van der Waals surface area contributed by atoms with Crippen molar-refractivity contribution in [3.63, 3.8) is 0 Å². The number of aromatic nitrogens is 2. The maximum Gasteiger partial charge on any atom is 0.508 e. The van der Waals surface area contributed by atoms with E-state index in [0.29, 0.717) is 18.4 Å². The zero-order chi connectivity index (χ0) is 19.8. The van der Waals surface area contributed by atoms with Crippen molar-refractivity contribution in [1.82, 2.24) is 9.55 Å². The van der Waals surface area contributed by atoms with Gasteiger partial charge >= 0.3 is 11.8 Å². The lowest BCUT2D eigenvalue weighted by molar-refractivity contribution is -0.0424. The van der Waals surface area contributed by atoms with Gasteiger partial charge in [0.1, 0.15) is 18.9 Å². The minimum Gasteiger partial charge on any atom is -0.434 e. The number of carbonyl (C=O) groups is 1. The first-order valence-electron chi connectivity index (χ1n) is 8.38. The number of nitrogens with one attached hydrogen (secondary N) is 1. The van der Waals surface area contributed by atoms with Gasteiger partial charge in [-0.25, -0.2) is 9.59 Å².